The lowest BCUT2D eigenvalue weighted by molar-refractivity contribution is 0.622. The largest absolute Gasteiger partial charge is 0.303 e. The summed E-state index contributed by atoms with van der Waals surface area (Å²) in [4.78, 5) is 10.2. The summed E-state index contributed by atoms with van der Waals surface area (Å²) in [5, 5.41) is 5.45. The lowest BCUT2D eigenvalue weighted by Crippen LogP contribution is -2.21. The van der Waals surface area contributed by atoms with Crippen LogP contribution in [0.1, 0.15) is 33.6 Å². The normalized spacial score (nSPS) is 12.9. The van der Waals surface area contributed by atoms with E-state index in [1.807, 2.05) is 6.92 Å². The molecule has 0 saturated carbocycles. The Kier molecular flexibility index (Phi) is 4.14. The molecule has 0 aliphatic rings. The van der Waals surface area contributed by atoms with E-state index in [1.54, 1.807) is 17.5 Å². The fourth-order valence-electron chi connectivity index (χ4n) is 1.51. The second-order valence-electron chi connectivity index (χ2n) is 3.69. The van der Waals surface area contributed by atoms with Crippen molar-refractivity contribution in [1.82, 2.24) is 15.3 Å². The molecule has 0 radical (unpaired) electrons. The van der Waals surface area contributed by atoms with Crippen LogP contribution < -0.4 is 5.32 Å². The third-order valence-corrected chi connectivity index (χ3v) is 4.76. The molecule has 0 saturated heterocycles. The van der Waals surface area contributed by atoms with Gasteiger partial charge in [-0.2, -0.15) is 0 Å². The van der Waals surface area contributed by atoms with Crippen molar-refractivity contribution in [2.24, 2.45) is 0 Å². The molecule has 1 atom stereocenters. The second kappa shape index (κ2) is 5.44. The van der Waals surface area contributed by atoms with Gasteiger partial charge in [0.1, 0.15) is 20.4 Å². The minimum absolute atomic E-state index is 0.0647. The van der Waals surface area contributed by atoms with Crippen LogP contribution in [0.4, 0.5) is 0 Å². The molecule has 17 heavy (non-hydrogen) atoms. The molecule has 0 bridgehead atoms. The number of thiazole rings is 2. The van der Waals surface area contributed by atoms with Gasteiger partial charge in [-0.25, -0.2) is 9.97 Å². The summed E-state index contributed by atoms with van der Waals surface area (Å²) in [5.41, 5.74) is 1.09. The van der Waals surface area contributed by atoms with Crippen LogP contribution >= 0.6 is 34.3 Å². The second-order valence-corrected chi connectivity index (χ2v) is 6.62. The van der Waals surface area contributed by atoms with Gasteiger partial charge in [0.05, 0.1) is 11.9 Å². The highest BCUT2D eigenvalue weighted by Gasteiger charge is 2.20. The highest BCUT2D eigenvalue weighted by molar-refractivity contribution is 7.16. The molecule has 2 rings (SSSR count). The topological polar surface area (TPSA) is 37.8 Å². The number of rotatable bonds is 4. The van der Waals surface area contributed by atoms with Crippen LogP contribution in [-0.4, -0.2) is 16.5 Å². The van der Waals surface area contributed by atoms with Gasteiger partial charge in [0, 0.05) is 4.88 Å². The van der Waals surface area contributed by atoms with Gasteiger partial charge in [0.2, 0.25) is 0 Å². The number of aromatic nitrogens is 2. The molecule has 0 fully saturated rings. The molecular formula is C11H14ClN3S2. The van der Waals surface area contributed by atoms with Gasteiger partial charge >= 0.3 is 0 Å². The van der Waals surface area contributed by atoms with Crippen molar-refractivity contribution in [2.45, 2.75) is 26.8 Å². The van der Waals surface area contributed by atoms with E-state index in [0.717, 1.165) is 22.3 Å². The van der Waals surface area contributed by atoms with E-state index >= 15 is 0 Å². The van der Waals surface area contributed by atoms with Gasteiger partial charge in [-0.1, -0.05) is 18.5 Å². The SMILES string of the molecule is CCNC(c1ncc(Cl)s1)c1nc(C)c(C)s1. The van der Waals surface area contributed by atoms with Crippen LogP contribution in [0.3, 0.4) is 0 Å². The highest BCUT2D eigenvalue weighted by Crippen LogP contribution is 2.31. The third-order valence-electron chi connectivity index (χ3n) is 2.44. The summed E-state index contributed by atoms with van der Waals surface area (Å²) in [7, 11) is 0. The maximum Gasteiger partial charge on any atom is 0.118 e. The van der Waals surface area contributed by atoms with Crippen molar-refractivity contribution in [3.05, 3.63) is 31.1 Å². The molecule has 2 heterocycles. The molecule has 0 spiro atoms. The summed E-state index contributed by atoms with van der Waals surface area (Å²) in [6.45, 7) is 7.08. The van der Waals surface area contributed by atoms with Crippen LogP contribution in [-0.2, 0) is 0 Å². The maximum atomic E-state index is 5.94. The zero-order chi connectivity index (χ0) is 12.4. The lowest BCUT2D eigenvalue weighted by Gasteiger charge is -2.11. The first kappa shape index (κ1) is 13.0. The first-order chi connectivity index (χ1) is 8.11. The number of nitrogens with one attached hydrogen (secondary N) is 1. The molecule has 2 aromatic heterocycles. The lowest BCUT2D eigenvalue weighted by atomic mass is 10.3. The fourth-order valence-corrected chi connectivity index (χ4v) is 3.59. The Bertz CT molecular complexity index is 487. The number of nitrogens with zero attached hydrogens (tertiary/aromatic N) is 2. The van der Waals surface area contributed by atoms with E-state index in [2.05, 4.69) is 29.1 Å². The standard InChI is InChI=1S/C11H14ClN3S2/c1-4-13-9(10-14-5-8(12)17-10)11-15-6(2)7(3)16-11/h5,9,13H,4H2,1-3H3. The first-order valence-corrected chi connectivity index (χ1v) is 7.41. The first-order valence-electron chi connectivity index (χ1n) is 5.40. The zero-order valence-corrected chi connectivity index (χ0v) is 12.3. The quantitative estimate of drug-likeness (QED) is 0.934. The number of halogens is 1. The Balaban J connectivity index is 2.34. The van der Waals surface area contributed by atoms with Crippen molar-refractivity contribution in [1.29, 1.82) is 0 Å². The molecule has 0 aliphatic carbocycles. The molecule has 0 amide bonds. The fraction of sp³-hybridized carbons (Fsp3) is 0.455. The molecule has 1 N–H and O–H groups in total. The van der Waals surface area contributed by atoms with Gasteiger partial charge in [-0.3, -0.25) is 0 Å². The van der Waals surface area contributed by atoms with Crippen molar-refractivity contribution in [2.75, 3.05) is 6.54 Å². The van der Waals surface area contributed by atoms with E-state index in [9.17, 15) is 0 Å². The average Bonchev–Trinajstić information content (AvgIpc) is 2.83. The van der Waals surface area contributed by atoms with E-state index < -0.39 is 0 Å². The summed E-state index contributed by atoms with van der Waals surface area (Å²) >= 11 is 9.16. The monoisotopic (exact) mass is 287 g/mol. The van der Waals surface area contributed by atoms with E-state index in [0.29, 0.717) is 4.34 Å². The Hall–Kier alpha value is -0.490. The van der Waals surface area contributed by atoms with E-state index in [4.69, 9.17) is 11.6 Å². The molecule has 6 heteroatoms. The van der Waals surface area contributed by atoms with Crippen LogP contribution in [0.2, 0.25) is 4.34 Å². The number of aryl methyl sites for hydroxylation is 2. The Morgan fingerprint density at radius 2 is 2.12 bits per heavy atom. The number of hydrogen-bond donors (Lipinski definition) is 1. The minimum atomic E-state index is 0.0647. The highest BCUT2D eigenvalue weighted by atomic mass is 35.5. The molecular weight excluding hydrogens is 274 g/mol. The molecule has 0 aromatic carbocycles. The predicted octanol–water partition coefficient (Wildman–Crippen LogP) is 3.57. The summed E-state index contributed by atoms with van der Waals surface area (Å²) in [6, 6.07) is 0.0647. The van der Waals surface area contributed by atoms with Crippen LogP contribution in [0.25, 0.3) is 0 Å². The minimum Gasteiger partial charge on any atom is -0.303 e. The van der Waals surface area contributed by atoms with E-state index in [-0.39, 0.29) is 6.04 Å². The van der Waals surface area contributed by atoms with Gasteiger partial charge in [0.15, 0.2) is 0 Å². The van der Waals surface area contributed by atoms with Gasteiger partial charge in [-0.05, 0) is 20.4 Å². The average molecular weight is 288 g/mol. The smallest absolute Gasteiger partial charge is 0.118 e. The Morgan fingerprint density at radius 1 is 1.35 bits per heavy atom. The van der Waals surface area contributed by atoms with Crippen LogP contribution in [0.5, 0.6) is 0 Å². The van der Waals surface area contributed by atoms with Gasteiger partial charge < -0.3 is 5.32 Å². The van der Waals surface area contributed by atoms with Crippen molar-refractivity contribution >= 4 is 34.3 Å². The van der Waals surface area contributed by atoms with Crippen molar-refractivity contribution in [3.8, 4) is 0 Å². The van der Waals surface area contributed by atoms with E-state index in [1.165, 1.54) is 16.2 Å². The Labute approximate surface area is 114 Å². The van der Waals surface area contributed by atoms with Crippen LogP contribution in [0.15, 0.2) is 6.20 Å². The molecule has 92 valence electrons. The number of hydrogen-bond acceptors (Lipinski definition) is 5. The molecule has 1 unspecified atom stereocenters. The van der Waals surface area contributed by atoms with Crippen molar-refractivity contribution < 1.29 is 0 Å². The summed E-state index contributed by atoms with van der Waals surface area (Å²) in [5.74, 6) is 0. The van der Waals surface area contributed by atoms with Gasteiger partial charge in [-0.15, -0.1) is 22.7 Å². The van der Waals surface area contributed by atoms with Gasteiger partial charge in [0.25, 0.3) is 0 Å². The van der Waals surface area contributed by atoms with Crippen LogP contribution in [0, 0.1) is 13.8 Å². The molecule has 0 aliphatic heterocycles. The summed E-state index contributed by atoms with van der Waals surface area (Å²) in [6.07, 6.45) is 1.69. The predicted molar refractivity (Wildman–Crippen MR) is 74.2 cm³/mol. The molecule has 3 nitrogen and oxygen atoms in total. The Morgan fingerprint density at radius 3 is 2.59 bits per heavy atom. The summed E-state index contributed by atoms with van der Waals surface area (Å²) < 4.78 is 0.716. The van der Waals surface area contributed by atoms with Crippen molar-refractivity contribution in [3.63, 3.8) is 0 Å². The third kappa shape index (κ3) is 2.85. The maximum absolute atomic E-state index is 5.94. The zero-order valence-electron chi connectivity index (χ0n) is 9.95. The molecule has 2 aromatic rings.